The lowest BCUT2D eigenvalue weighted by molar-refractivity contribution is 0.373. The molecule has 0 unspecified atom stereocenters. The van der Waals surface area contributed by atoms with Gasteiger partial charge in [-0.2, -0.15) is 0 Å². The molecule has 0 saturated heterocycles. The van der Waals surface area contributed by atoms with Crippen molar-refractivity contribution in [3.63, 3.8) is 0 Å². The summed E-state index contributed by atoms with van der Waals surface area (Å²) in [6.07, 6.45) is 0. The Hall–Kier alpha value is -2.23. The number of benzene rings is 2. The first kappa shape index (κ1) is 12.2. The Morgan fingerprint density at radius 3 is 2.44 bits per heavy atom. The molecule has 2 rings (SSSR count). The average Bonchev–Trinajstić information content (AvgIpc) is 2.40. The first-order valence-corrected chi connectivity index (χ1v) is 5.36. The van der Waals surface area contributed by atoms with Crippen LogP contribution in [0.4, 0.5) is 4.39 Å². The Bertz CT molecular complexity index is 567. The molecule has 3 nitrogen and oxygen atoms in total. The Morgan fingerprint density at radius 1 is 1.00 bits per heavy atom. The summed E-state index contributed by atoms with van der Waals surface area (Å²) >= 11 is 0. The van der Waals surface area contributed by atoms with E-state index in [0.29, 0.717) is 22.6 Å². The number of aromatic hydroxyl groups is 1. The zero-order valence-corrected chi connectivity index (χ0v) is 10.1. The van der Waals surface area contributed by atoms with E-state index in [1.807, 2.05) is 0 Å². The van der Waals surface area contributed by atoms with E-state index >= 15 is 0 Å². The van der Waals surface area contributed by atoms with Crippen LogP contribution in [-0.4, -0.2) is 19.3 Å². The van der Waals surface area contributed by atoms with Crippen molar-refractivity contribution in [2.45, 2.75) is 0 Å². The van der Waals surface area contributed by atoms with Crippen molar-refractivity contribution >= 4 is 0 Å². The minimum atomic E-state index is -0.358. The summed E-state index contributed by atoms with van der Waals surface area (Å²) in [6.45, 7) is 0. The van der Waals surface area contributed by atoms with Gasteiger partial charge in [-0.1, -0.05) is 6.07 Å². The minimum Gasteiger partial charge on any atom is -0.504 e. The molecule has 0 saturated carbocycles. The van der Waals surface area contributed by atoms with Gasteiger partial charge in [-0.25, -0.2) is 4.39 Å². The number of hydrogen-bond acceptors (Lipinski definition) is 3. The molecule has 0 aliphatic heterocycles. The third-order valence-corrected chi connectivity index (χ3v) is 2.66. The van der Waals surface area contributed by atoms with Crippen LogP contribution in [0.25, 0.3) is 11.1 Å². The van der Waals surface area contributed by atoms with Gasteiger partial charge in [0.15, 0.2) is 11.5 Å². The summed E-state index contributed by atoms with van der Waals surface area (Å²) in [5.74, 6) is 0.529. The Labute approximate surface area is 104 Å². The fourth-order valence-electron chi connectivity index (χ4n) is 1.70. The van der Waals surface area contributed by atoms with Crippen LogP contribution in [0.2, 0.25) is 0 Å². The molecule has 0 bridgehead atoms. The van der Waals surface area contributed by atoms with E-state index in [4.69, 9.17) is 9.47 Å². The van der Waals surface area contributed by atoms with E-state index in [9.17, 15) is 9.50 Å². The van der Waals surface area contributed by atoms with E-state index in [1.54, 1.807) is 24.3 Å². The Kier molecular flexibility index (Phi) is 3.37. The third-order valence-electron chi connectivity index (χ3n) is 2.66. The lowest BCUT2D eigenvalue weighted by Gasteiger charge is -2.09. The fraction of sp³-hybridized carbons (Fsp3) is 0.143. The second-order valence-electron chi connectivity index (χ2n) is 3.73. The van der Waals surface area contributed by atoms with Crippen LogP contribution in [0.3, 0.4) is 0 Å². The summed E-state index contributed by atoms with van der Waals surface area (Å²) in [5, 5.41) is 9.51. The highest BCUT2D eigenvalue weighted by Crippen LogP contribution is 2.33. The summed E-state index contributed by atoms with van der Waals surface area (Å²) in [6, 6.07) is 9.15. The SMILES string of the molecule is COc1ccc(F)c(-c2ccc(O)c(OC)c2)c1. The monoisotopic (exact) mass is 248 g/mol. The summed E-state index contributed by atoms with van der Waals surface area (Å²) < 4.78 is 23.8. The van der Waals surface area contributed by atoms with E-state index in [0.717, 1.165) is 0 Å². The number of methoxy groups -OCH3 is 2. The second-order valence-corrected chi connectivity index (χ2v) is 3.73. The first-order valence-electron chi connectivity index (χ1n) is 5.36. The third kappa shape index (κ3) is 2.22. The van der Waals surface area contributed by atoms with Gasteiger partial charge in [-0.15, -0.1) is 0 Å². The molecule has 0 radical (unpaired) electrons. The second kappa shape index (κ2) is 4.96. The molecule has 2 aromatic carbocycles. The summed E-state index contributed by atoms with van der Waals surface area (Å²) in [5.41, 5.74) is 1.01. The van der Waals surface area contributed by atoms with Crippen LogP contribution in [0, 0.1) is 5.82 Å². The van der Waals surface area contributed by atoms with Crippen molar-refractivity contribution in [2.24, 2.45) is 0 Å². The van der Waals surface area contributed by atoms with Crippen LogP contribution in [0.5, 0.6) is 17.2 Å². The highest BCUT2D eigenvalue weighted by Gasteiger charge is 2.10. The molecule has 1 N–H and O–H groups in total. The maximum Gasteiger partial charge on any atom is 0.161 e. The van der Waals surface area contributed by atoms with Gasteiger partial charge in [-0.3, -0.25) is 0 Å². The molecule has 2 aromatic rings. The van der Waals surface area contributed by atoms with Gasteiger partial charge < -0.3 is 14.6 Å². The minimum absolute atomic E-state index is 0.0181. The lowest BCUT2D eigenvalue weighted by Crippen LogP contribution is -1.90. The first-order chi connectivity index (χ1) is 8.65. The molecule has 0 atom stereocenters. The van der Waals surface area contributed by atoms with Gasteiger partial charge in [-0.05, 0) is 35.9 Å². The molecule has 0 amide bonds. The maximum absolute atomic E-state index is 13.8. The molecule has 0 spiro atoms. The average molecular weight is 248 g/mol. The van der Waals surface area contributed by atoms with Gasteiger partial charge in [0, 0.05) is 5.56 Å². The normalized spacial score (nSPS) is 10.2. The van der Waals surface area contributed by atoms with Crippen LogP contribution in [-0.2, 0) is 0 Å². The number of hydrogen-bond donors (Lipinski definition) is 1. The fourth-order valence-corrected chi connectivity index (χ4v) is 1.70. The van der Waals surface area contributed by atoms with Crippen LogP contribution >= 0.6 is 0 Å². The van der Waals surface area contributed by atoms with Gasteiger partial charge >= 0.3 is 0 Å². The quantitative estimate of drug-likeness (QED) is 0.906. The molecule has 0 fully saturated rings. The maximum atomic E-state index is 13.8. The van der Waals surface area contributed by atoms with Crippen molar-refractivity contribution in [1.29, 1.82) is 0 Å². The van der Waals surface area contributed by atoms with Crippen LogP contribution in [0.15, 0.2) is 36.4 Å². The topological polar surface area (TPSA) is 38.7 Å². The van der Waals surface area contributed by atoms with Crippen LogP contribution in [0.1, 0.15) is 0 Å². The lowest BCUT2D eigenvalue weighted by atomic mass is 10.0. The largest absolute Gasteiger partial charge is 0.504 e. The van der Waals surface area contributed by atoms with Crippen molar-refractivity contribution in [1.82, 2.24) is 0 Å². The van der Waals surface area contributed by atoms with Gasteiger partial charge in [0.05, 0.1) is 14.2 Å². The van der Waals surface area contributed by atoms with Gasteiger partial charge in [0.2, 0.25) is 0 Å². The standard InChI is InChI=1S/C14H13FO3/c1-17-10-4-5-12(15)11(8-10)9-3-6-13(16)14(7-9)18-2/h3-8,16H,1-2H3. The van der Waals surface area contributed by atoms with E-state index in [2.05, 4.69) is 0 Å². The molecule has 94 valence electrons. The number of phenolic OH excluding ortho intramolecular Hbond substituents is 1. The van der Waals surface area contributed by atoms with E-state index in [1.165, 1.54) is 26.4 Å². The van der Waals surface area contributed by atoms with E-state index < -0.39 is 0 Å². The molecule has 0 heterocycles. The van der Waals surface area contributed by atoms with Crippen molar-refractivity contribution in [3.8, 4) is 28.4 Å². The highest BCUT2D eigenvalue weighted by molar-refractivity contribution is 5.69. The van der Waals surface area contributed by atoms with Crippen LogP contribution < -0.4 is 9.47 Å². The summed E-state index contributed by atoms with van der Waals surface area (Å²) in [4.78, 5) is 0. The number of halogens is 1. The highest BCUT2D eigenvalue weighted by atomic mass is 19.1. The summed E-state index contributed by atoms with van der Waals surface area (Å²) in [7, 11) is 2.97. The number of rotatable bonds is 3. The number of phenols is 1. The van der Waals surface area contributed by atoms with Crippen molar-refractivity contribution in [2.75, 3.05) is 14.2 Å². The predicted molar refractivity (Wildman–Crippen MR) is 66.6 cm³/mol. The smallest absolute Gasteiger partial charge is 0.161 e. The molecular formula is C14H13FO3. The zero-order valence-electron chi connectivity index (χ0n) is 10.1. The van der Waals surface area contributed by atoms with Gasteiger partial charge in [0.25, 0.3) is 0 Å². The molecule has 0 aliphatic rings. The number of ether oxygens (including phenoxy) is 2. The Morgan fingerprint density at radius 2 is 1.78 bits per heavy atom. The molecule has 0 aliphatic carbocycles. The van der Waals surface area contributed by atoms with Crippen molar-refractivity contribution in [3.05, 3.63) is 42.2 Å². The predicted octanol–water partition coefficient (Wildman–Crippen LogP) is 3.22. The van der Waals surface area contributed by atoms with Crippen molar-refractivity contribution < 1.29 is 19.0 Å². The molecular weight excluding hydrogens is 235 g/mol. The zero-order chi connectivity index (χ0) is 13.1. The molecule has 18 heavy (non-hydrogen) atoms. The Balaban J connectivity index is 2.54. The van der Waals surface area contributed by atoms with E-state index in [-0.39, 0.29) is 11.6 Å². The van der Waals surface area contributed by atoms with Gasteiger partial charge in [0.1, 0.15) is 11.6 Å². The molecule has 0 aromatic heterocycles. The molecule has 4 heteroatoms.